The Morgan fingerprint density at radius 1 is 1.53 bits per heavy atom. The van der Waals surface area contributed by atoms with Crippen LogP contribution >= 0.6 is 11.3 Å². The van der Waals surface area contributed by atoms with E-state index in [1.807, 2.05) is 11.8 Å². The first-order valence-corrected chi connectivity index (χ1v) is 6.99. The monoisotopic (exact) mass is 274 g/mol. The van der Waals surface area contributed by atoms with Crippen LogP contribution in [0.2, 0.25) is 0 Å². The van der Waals surface area contributed by atoms with Crippen molar-refractivity contribution in [1.29, 1.82) is 0 Å². The fourth-order valence-corrected chi connectivity index (χ4v) is 3.38. The van der Waals surface area contributed by atoms with Gasteiger partial charge in [-0.1, -0.05) is 0 Å². The number of nitrogen functional groups attached to an aromatic ring is 1. The molecule has 1 amide bonds. The molecule has 0 saturated heterocycles. The lowest BCUT2D eigenvalue weighted by molar-refractivity contribution is 0.0673. The number of amides is 1. The molecule has 0 radical (unpaired) electrons. The number of hydrogen-bond donors (Lipinski definition) is 1. The zero-order chi connectivity index (χ0) is 13.4. The van der Waals surface area contributed by atoms with E-state index in [1.165, 1.54) is 22.8 Å². The molecule has 3 heterocycles. The lowest BCUT2D eigenvalue weighted by Gasteiger charge is -2.33. The quantitative estimate of drug-likeness (QED) is 0.861. The third-order valence-electron chi connectivity index (χ3n) is 3.41. The highest BCUT2D eigenvalue weighted by Crippen LogP contribution is 2.33. The Labute approximate surface area is 115 Å². The summed E-state index contributed by atoms with van der Waals surface area (Å²) in [6, 6.07) is 2.17. The highest BCUT2D eigenvalue weighted by Gasteiger charge is 2.29. The van der Waals surface area contributed by atoms with Gasteiger partial charge in [-0.15, -0.1) is 11.3 Å². The maximum Gasteiger partial charge on any atom is 0.274 e. The Morgan fingerprint density at radius 3 is 3.16 bits per heavy atom. The van der Waals surface area contributed by atoms with Crippen molar-refractivity contribution in [3.05, 3.63) is 40.0 Å². The van der Waals surface area contributed by atoms with Crippen LogP contribution in [0.3, 0.4) is 0 Å². The van der Waals surface area contributed by atoms with Crippen LogP contribution in [0.4, 0.5) is 5.82 Å². The van der Waals surface area contributed by atoms with E-state index in [4.69, 9.17) is 5.73 Å². The van der Waals surface area contributed by atoms with Crippen LogP contribution in [-0.4, -0.2) is 27.3 Å². The highest BCUT2D eigenvalue weighted by atomic mass is 32.1. The number of thiophene rings is 1. The van der Waals surface area contributed by atoms with Gasteiger partial charge in [-0.05, 0) is 30.4 Å². The molecule has 19 heavy (non-hydrogen) atoms. The topological polar surface area (TPSA) is 72.1 Å². The molecule has 0 bridgehead atoms. The van der Waals surface area contributed by atoms with Gasteiger partial charge in [-0.2, -0.15) is 0 Å². The van der Waals surface area contributed by atoms with Crippen molar-refractivity contribution in [1.82, 2.24) is 14.9 Å². The summed E-state index contributed by atoms with van der Waals surface area (Å²) in [7, 11) is 0. The van der Waals surface area contributed by atoms with Crippen LogP contribution in [-0.2, 0) is 6.42 Å². The summed E-state index contributed by atoms with van der Waals surface area (Å²) in [6.45, 7) is 2.76. The van der Waals surface area contributed by atoms with Crippen LogP contribution in [0.1, 0.15) is 33.9 Å². The number of carbonyl (C=O) groups is 1. The van der Waals surface area contributed by atoms with E-state index in [0.717, 1.165) is 6.42 Å². The Kier molecular flexibility index (Phi) is 2.94. The first-order chi connectivity index (χ1) is 9.16. The van der Waals surface area contributed by atoms with Crippen molar-refractivity contribution < 1.29 is 4.79 Å². The van der Waals surface area contributed by atoms with Gasteiger partial charge < -0.3 is 10.6 Å². The summed E-state index contributed by atoms with van der Waals surface area (Å²) < 4.78 is 0. The fourth-order valence-electron chi connectivity index (χ4n) is 2.42. The molecule has 0 saturated carbocycles. The SMILES string of the molecule is CC1c2ccsc2CCN1C(=O)c1cncc(N)n1. The van der Waals surface area contributed by atoms with Gasteiger partial charge in [-0.25, -0.2) is 4.98 Å². The van der Waals surface area contributed by atoms with E-state index in [0.29, 0.717) is 12.2 Å². The molecule has 1 atom stereocenters. The Morgan fingerprint density at radius 2 is 2.37 bits per heavy atom. The van der Waals surface area contributed by atoms with Gasteiger partial charge >= 0.3 is 0 Å². The second-order valence-corrected chi connectivity index (χ2v) is 5.55. The molecule has 5 nitrogen and oxygen atoms in total. The lowest BCUT2D eigenvalue weighted by atomic mass is 10.0. The van der Waals surface area contributed by atoms with E-state index in [1.54, 1.807) is 11.3 Å². The summed E-state index contributed by atoms with van der Waals surface area (Å²) in [6.07, 6.45) is 3.81. The summed E-state index contributed by atoms with van der Waals surface area (Å²) in [5.41, 5.74) is 7.13. The Balaban J connectivity index is 1.90. The number of nitrogens with zero attached hydrogens (tertiary/aromatic N) is 3. The number of carbonyl (C=O) groups excluding carboxylic acids is 1. The molecule has 6 heteroatoms. The van der Waals surface area contributed by atoms with E-state index in [2.05, 4.69) is 21.4 Å². The maximum atomic E-state index is 12.5. The maximum absolute atomic E-state index is 12.5. The molecule has 2 aromatic rings. The van der Waals surface area contributed by atoms with Crippen LogP contribution in [0.25, 0.3) is 0 Å². The predicted octanol–water partition coefficient (Wildman–Crippen LogP) is 1.88. The van der Waals surface area contributed by atoms with Crippen molar-refractivity contribution >= 4 is 23.1 Å². The van der Waals surface area contributed by atoms with Crippen molar-refractivity contribution in [2.75, 3.05) is 12.3 Å². The summed E-state index contributed by atoms with van der Waals surface area (Å²) in [5, 5.41) is 2.08. The first kappa shape index (κ1) is 12.1. The van der Waals surface area contributed by atoms with Crippen LogP contribution in [0, 0.1) is 0 Å². The number of anilines is 1. The molecule has 1 unspecified atom stereocenters. The predicted molar refractivity (Wildman–Crippen MR) is 73.9 cm³/mol. The molecule has 2 aromatic heterocycles. The second-order valence-electron chi connectivity index (χ2n) is 4.55. The Hall–Kier alpha value is -1.95. The number of fused-ring (bicyclic) bond motifs is 1. The molecule has 2 N–H and O–H groups in total. The minimum absolute atomic E-state index is 0.0748. The van der Waals surface area contributed by atoms with Crippen LogP contribution in [0.5, 0.6) is 0 Å². The zero-order valence-corrected chi connectivity index (χ0v) is 11.4. The number of nitrogens with two attached hydrogens (primary N) is 1. The molecule has 0 aliphatic carbocycles. The van der Waals surface area contributed by atoms with Gasteiger partial charge in [0.05, 0.1) is 18.4 Å². The van der Waals surface area contributed by atoms with E-state index in [9.17, 15) is 4.79 Å². The molecule has 0 fully saturated rings. The van der Waals surface area contributed by atoms with Gasteiger partial charge in [0.2, 0.25) is 0 Å². The standard InChI is InChI=1S/C13H14N4OS/c1-8-9-3-5-19-11(9)2-4-17(8)13(18)10-6-15-7-12(14)16-10/h3,5-8H,2,4H2,1H3,(H2,14,16). The average Bonchev–Trinajstić information content (AvgIpc) is 2.88. The largest absolute Gasteiger partial charge is 0.382 e. The number of aromatic nitrogens is 2. The van der Waals surface area contributed by atoms with Gasteiger partial charge in [0.25, 0.3) is 5.91 Å². The lowest BCUT2D eigenvalue weighted by Crippen LogP contribution is -2.38. The van der Waals surface area contributed by atoms with E-state index < -0.39 is 0 Å². The van der Waals surface area contributed by atoms with Gasteiger partial charge in [0.15, 0.2) is 0 Å². The van der Waals surface area contributed by atoms with Crippen molar-refractivity contribution in [2.24, 2.45) is 0 Å². The summed E-state index contributed by atoms with van der Waals surface area (Å²) in [4.78, 5) is 23.6. The van der Waals surface area contributed by atoms with Gasteiger partial charge in [-0.3, -0.25) is 9.78 Å². The number of hydrogen-bond acceptors (Lipinski definition) is 5. The molecule has 98 valence electrons. The van der Waals surface area contributed by atoms with E-state index in [-0.39, 0.29) is 17.8 Å². The average molecular weight is 274 g/mol. The first-order valence-electron chi connectivity index (χ1n) is 6.11. The third kappa shape index (κ3) is 2.08. The molecule has 1 aliphatic heterocycles. The molecule has 0 spiro atoms. The summed E-state index contributed by atoms with van der Waals surface area (Å²) in [5.74, 6) is 0.163. The third-order valence-corrected chi connectivity index (χ3v) is 4.41. The number of rotatable bonds is 1. The summed E-state index contributed by atoms with van der Waals surface area (Å²) >= 11 is 1.76. The van der Waals surface area contributed by atoms with Crippen molar-refractivity contribution in [3.63, 3.8) is 0 Å². The Bertz CT molecular complexity index is 625. The molecule has 1 aliphatic rings. The minimum atomic E-state index is -0.107. The molecular weight excluding hydrogens is 260 g/mol. The van der Waals surface area contributed by atoms with Crippen LogP contribution < -0.4 is 5.73 Å². The highest BCUT2D eigenvalue weighted by molar-refractivity contribution is 7.10. The smallest absolute Gasteiger partial charge is 0.274 e. The second kappa shape index (κ2) is 4.62. The molecular formula is C13H14N4OS. The molecule has 0 aromatic carbocycles. The van der Waals surface area contributed by atoms with Crippen LogP contribution in [0.15, 0.2) is 23.8 Å². The minimum Gasteiger partial charge on any atom is -0.382 e. The normalized spacial score (nSPS) is 18.2. The fraction of sp³-hybridized carbons (Fsp3) is 0.308. The van der Waals surface area contributed by atoms with E-state index >= 15 is 0 Å². The zero-order valence-electron chi connectivity index (χ0n) is 10.5. The van der Waals surface area contributed by atoms with Crippen molar-refractivity contribution in [2.45, 2.75) is 19.4 Å². The van der Waals surface area contributed by atoms with Crippen molar-refractivity contribution in [3.8, 4) is 0 Å². The molecule has 3 rings (SSSR count). The van der Waals surface area contributed by atoms with Gasteiger partial charge in [0, 0.05) is 11.4 Å². The van der Waals surface area contributed by atoms with Gasteiger partial charge in [0.1, 0.15) is 11.5 Å².